The van der Waals surface area contributed by atoms with Crippen molar-refractivity contribution in [3.63, 3.8) is 0 Å². The van der Waals surface area contributed by atoms with Gasteiger partial charge in [-0.3, -0.25) is 4.79 Å². The smallest absolute Gasteiger partial charge is 0.349 e. The number of amides is 1. The van der Waals surface area contributed by atoms with E-state index in [0.717, 1.165) is 30.6 Å². The van der Waals surface area contributed by atoms with E-state index in [1.165, 1.54) is 11.3 Å². The van der Waals surface area contributed by atoms with Gasteiger partial charge in [-0.05, 0) is 32.8 Å². The van der Waals surface area contributed by atoms with Crippen molar-refractivity contribution in [2.45, 2.75) is 51.7 Å². The van der Waals surface area contributed by atoms with E-state index < -0.39 is 12.1 Å². The SMILES string of the molecule is Cc1sc(C(=O)OC(C)C(=O)NC2CCCC2)cc1N. The fourth-order valence-electron chi connectivity index (χ4n) is 2.26. The largest absolute Gasteiger partial charge is 0.448 e. The minimum Gasteiger partial charge on any atom is -0.448 e. The molecule has 110 valence electrons. The Bertz CT molecular complexity index is 487. The molecule has 1 saturated carbocycles. The Balaban J connectivity index is 1.88. The normalized spacial score (nSPS) is 16.9. The molecule has 1 unspecified atom stereocenters. The standard InChI is InChI=1S/C14H20N2O3S/c1-8(13(17)16-10-5-3-4-6-10)19-14(18)12-7-11(15)9(2)20-12/h7-8,10H,3-6,15H2,1-2H3,(H,16,17). The summed E-state index contributed by atoms with van der Waals surface area (Å²) in [6, 6.07) is 1.81. The summed E-state index contributed by atoms with van der Waals surface area (Å²) in [4.78, 5) is 25.1. The van der Waals surface area contributed by atoms with Crippen LogP contribution in [-0.4, -0.2) is 24.0 Å². The fraction of sp³-hybridized carbons (Fsp3) is 0.571. The van der Waals surface area contributed by atoms with Crippen LogP contribution < -0.4 is 11.1 Å². The fourth-order valence-corrected chi connectivity index (χ4v) is 3.08. The molecule has 1 fully saturated rings. The number of hydrogen-bond acceptors (Lipinski definition) is 5. The highest BCUT2D eigenvalue weighted by Crippen LogP contribution is 2.24. The molecule has 0 bridgehead atoms. The Morgan fingerprint density at radius 1 is 1.45 bits per heavy atom. The van der Waals surface area contributed by atoms with Crippen LogP contribution in [0.15, 0.2) is 6.07 Å². The van der Waals surface area contributed by atoms with Gasteiger partial charge in [0.2, 0.25) is 0 Å². The van der Waals surface area contributed by atoms with Crippen molar-refractivity contribution in [3.8, 4) is 0 Å². The summed E-state index contributed by atoms with van der Waals surface area (Å²) in [6.45, 7) is 3.43. The van der Waals surface area contributed by atoms with Crippen molar-refractivity contribution in [3.05, 3.63) is 15.8 Å². The first kappa shape index (κ1) is 14.8. The van der Waals surface area contributed by atoms with Gasteiger partial charge in [0.1, 0.15) is 4.88 Å². The second-order valence-electron chi connectivity index (χ2n) is 5.16. The predicted octanol–water partition coefficient (Wildman–Crippen LogP) is 2.24. The summed E-state index contributed by atoms with van der Waals surface area (Å²) in [5.41, 5.74) is 6.28. The van der Waals surface area contributed by atoms with Crippen LogP contribution in [0.4, 0.5) is 5.69 Å². The molecule has 0 saturated heterocycles. The second-order valence-corrected chi connectivity index (χ2v) is 6.42. The van der Waals surface area contributed by atoms with Crippen molar-refractivity contribution >= 4 is 28.9 Å². The molecule has 1 heterocycles. The van der Waals surface area contributed by atoms with Crippen molar-refractivity contribution < 1.29 is 14.3 Å². The quantitative estimate of drug-likeness (QED) is 0.835. The summed E-state index contributed by atoms with van der Waals surface area (Å²) >= 11 is 1.28. The number of carbonyl (C=O) groups is 2. The molecule has 1 aliphatic carbocycles. The highest BCUT2D eigenvalue weighted by Gasteiger charge is 2.24. The van der Waals surface area contributed by atoms with E-state index in [4.69, 9.17) is 10.5 Å². The van der Waals surface area contributed by atoms with Gasteiger partial charge >= 0.3 is 5.97 Å². The average molecular weight is 296 g/mol. The maximum atomic E-state index is 11.9. The highest BCUT2D eigenvalue weighted by atomic mass is 32.1. The molecule has 1 amide bonds. The summed E-state index contributed by atoms with van der Waals surface area (Å²) in [6.07, 6.45) is 3.52. The molecular formula is C14H20N2O3S. The van der Waals surface area contributed by atoms with Gasteiger partial charge in [0.05, 0.1) is 0 Å². The number of nitrogen functional groups attached to an aromatic ring is 1. The van der Waals surface area contributed by atoms with Crippen LogP contribution in [0.5, 0.6) is 0 Å². The van der Waals surface area contributed by atoms with E-state index in [1.807, 2.05) is 6.92 Å². The summed E-state index contributed by atoms with van der Waals surface area (Å²) in [7, 11) is 0. The second kappa shape index (κ2) is 6.26. The van der Waals surface area contributed by atoms with Crippen LogP contribution in [0, 0.1) is 6.92 Å². The van der Waals surface area contributed by atoms with E-state index in [-0.39, 0.29) is 11.9 Å². The summed E-state index contributed by atoms with van der Waals surface area (Å²) < 4.78 is 5.18. The van der Waals surface area contributed by atoms with Gasteiger partial charge in [-0.15, -0.1) is 11.3 Å². The number of esters is 1. The molecule has 1 atom stereocenters. The van der Waals surface area contributed by atoms with Crippen molar-refractivity contribution in [1.29, 1.82) is 0 Å². The van der Waals surface area contributed by atoms with Crippen molar-refractivity contribution in [2.75, 3.05) is 5.73 Å². The molecule has 6 heteroatoms. The van der Waals surface area contributed by atoms with Crippen LogP contribution in [0.25, 0.3) is 0 Å². The maximum absolute atomic E-state index is 11.9. The zero-order valence-corrected chi connectivity index (χ0v) is 12.6. The predicted molar refractivity (Wildman–Crippen MR) is 78.7 cm³/mol. The van der Waals surface area contributed by atoms with Gasteiger partial charge in [0.15, 0.2) is 6.10 Å². The van der Waals surface area contributed by atoms with Crippen molar-refractivity contribution in [1.82, 2.24) is 5.32 Å². The Morgan fingerprint density at radius 2 is 2.10 bits per heavy atom. The number of carbonyl (C=O) groups excluding carboxylic acids is 2. The van der Waals surface area contributed by atoms with Crippen LogP contribution in [-0.2, 0) is 9.53 Å². The first-order chi connectivity index (χ1) is 9.47. The number of thiophene rings is 1. The molecule has 1 aromatic rings. The van der Waals surface area contributed by atoms with Gasteiger partial charge in [0.25, 0.3) is 5.91 Å². The molecule has 20 heavy (non-hydrogen) atoms. The maximum Gasteiger partial charge on any atom is 0.349 e. The van der Waals surface area contributed by atoms with Gasteiger partial charge in [-0.1, -0.05) is 12.8 Å². The third kappa shape index (κ3) is 3.50. The van der Waals surface area contributed by atoms with E-state index >= 15 is 0 Å². The zero-order valence-electron chi connectivity index (χ0n) is 11.8. The van der Waals surface area contributed by atoms with E-state index in [9.17, 15) is 9.59 Å². The Labute approximate surface area is 122 Å². The molecule has 5 nitrogen and oxygen atoms in total. The molecule has 3 N–H and O–H groups in total. The monoisotopic (exact) mass is 296 g/mol. The lowest BCUT2D eigenvalue weighted by Gasteiger charge is -2.16. The summed E-state index contributed by atoms with van der Waals surface area (Å²) in [5.74, 6) is -0.727. The number of hydrogen-bond donors (Lipinski definition) is 2. The number of aryl methyl sites for hydroxylation is 1. The third-order valence-corrected chi connectivity index (χ3v) is 4.56. The van der Waals surface area contributed by atoms with E-state index in [0.29, 0.717) is 10.6 Å². The van der Waals surface area contributed by atoms with Gasteiger partial charge in [-0.25, -0.2) is 4.79 Å². The zero-order chi connectivity index (χ0) is 14.7. The van der Waals surface area contributed by atoms with Crippen molar-refractivity contribution in [2.24, 2.45) is 0 Å². The number of nitrogens with two attached hydrogens (primary N) is 1. The van der Waals surface area contributed by atoms with Gasteiger partial charge < -0.3 is 15.8 Å². The molecule has 0 spiro atoms. The number of anilines is 1. The van der Waals surface area contributed by atoms with Gasteiger partial charge in [0, 0.05) is 16.6 Å². The first-order valence-corrected chi connectivity index (χ1v) is 7.66. The average Bonchev–Trinajstić information content (AvgIpc) is 3.00. The first-order valence-electron chi connectivity index (χ1n) is 6.84. The molecule has 0 aromatic carbocycles. The lowest BCUT2D eigenvalue weighted by atomic mass is 10.2. The van der Waals surface area contributed by atoms with E-state index in [2.05, 4.69) is 5.32 Å². The molecule has 1 aliphatic rings. The number of rotatable bonds is 4. The molecule has 2 rings (SSSR count). The van der Waals surface area contributed by atoms with Gasteiger partial charge in [-0.2, -0.15) is 0 Å². The van der Waals surface area contributed by atoms with Crippen LogP contribution in [0.3, 0.4) is 0 Å². The topological polar surface area (TPSA) is 81.4 Å². The number of nitrogens with one attached hydrogen (secondary N) is 1. The Morgan fingerprint density at radius 3 is 2.65 bits per heavy atom. The van der Waals surface area contributed by atoms with Crippen LogP contribution in [0.1, 0.15) is 47.2 Å². The van der Waals surface area contributed by atoms with E-state index in [1.54, 1.807) is 13.0 Å². The molecule has 0 radical (unpaired) electrons. The minimum absolute atomic E-state index is 0.225. The molecule has 1 aromatic heterocycles. The highest BCUT2D eigenvalue weighted by molar-refractivity contribution is 7.14. The minimum atomic E-state index is -0.785. The molecular weight excluding hydrogens is 276 g/mol. The lowest BCUT2D eigenvalue weighted by Crippen LogP contribution is -2.40. The number of ether oxygens (including phenoxy) is 1. The Hall–Kier alpha value is -1.56. The Kier molecular flexibility index (Phi) is 4.65. The summed E-state index contributed by atoms with van der Waals surface area (Å²) in [5, 5.41) is 2.91. The molecule has 0 aliphatic heterocycles. The lowest BCUT2D eigenvalue weighted by molar-refractivity contribution is -0.129. The third-order valence-electron chi connectivity index (χ3n) is 3.51. The van der Waals surface area contributed by atoms with Crippen LogP contribution in [0.2, 0.25) is 0 Å². The van der Waals surface area contributed by atoms with Crippen LogP contribution >= 0.6 is 11.3 Å².